The highest BCUT2D eigenvalue weighted by Gasteiger charge is 2.35. The number of nitriles is 1. The summed E-state index contributed by atoms with van der Waals surface area (Å²) < 4.78 is 7.71. The maximum Gasteiger partial charge on any atom is 0.261 e. The van der Waals surface area contributed by atoms with Crippen molar-refractivity contribution in [3.05, 3.63) is 105 Å². The zero-order chi connectivity index (χ0) is 25.8. The summed E-state index contributed by atoms with van der Waals surface area (Å²) in [7, 11) is 0. The molecule has 3 heterocycles. The molecule has 7 nitrogen and oxygen atoms in total. The largest absolute Gasteiger partial charge is 0.440 e. The Kier molecular flexibility index (Phi) is 5.13. The maximum absolute atomic E-state index is 13.3. The highest BCUT2D eigenvalue weighted by Crippen LogP contribution is 2.47. The van der Waals surface area contributed by atoms with Gasteiger partial charge in [-0.3, -0.25) is 9.36 Å². The zero-order valence-corrected chi connectivity index (χ0v) is 20.8. The van der Waals surface area contributed by atoms with Crippen LogP contribution < -0.4 is 16.0 Å². The lowest BCUT2D eigenvalue weighted by atomic mass is 9.80. The second kappa shape index (κ2) is 8.38. The molecule has 182 valence electrons. The summed E-state index contributed by atoms with van der Waals surface area (Å²) in [6.07, 6.45) is 0. The number of aryl methyl sites for hydroxylation is 2. The van der Waals surface area contributed by atoms with Gasteiger partial charge in [0.15, 0.2) is 0 Å². The molecule has 37 heavy (non-hydrogen) atoms. The predicted molar refractivity (Wildman–Crippen MR) is 144 cm³/mol. The normalized spacial score (nSPS) is 15.0. The number of rotatable bonds is 3. The van der Waals surface area contributed by atoms with Gasteiger partial charge in [0.2, 0.25) is 5.88 Å². The van der Waals surface area contributed by atoms with Crippen molar-refractivity contribution in [2.24, 2.45) is 5.73 Å². The smallest absolute Gasteiger partial charge is 0.261 e. The van der Waals surface area contributed by atoms with Crippen molar-refractivity contribution in [3.63, 3.8) is 0 Å². The second-order valence-corrected chi connectivity index (χ2v) is 9.35. The first-order valence-corrected chi connectivity index (χ1v) is 12.2. The van der Waals surface area contributed by atoms with Gasteiger partial charge in [-0.15, -0.1) is 0 Å². The van der Waals surface area contributed by atoms with Crippen molar-refractivity contribution in [3.8, 4) is 23.2 Å². The van der Waals surface area contributed by atoms with E-state index >= 15 is 0 Å². The Morgan fingerprint density at radius 2 is 1.84 bits per heavy atom. The summed E-state index contributed by atoms with van der Waals surface area (Å²) in [5.41, 5.74) is 12.6. The first-order valence-electron chi connectivity index (χ1n) is 12.2. The molecule has 0 radical (unpaired) electrons. The van der Waals surface area contributed by atoms with E-state index in [1.165, 1.54) is 0 Å². The summed E-state index contributed by atoms with van der Waals surface area (Å²) >= 11 is 0. The number of ether oxygens (including phenoxy) is 1. The molecule has 0 amide bonds. The third-order valence-electron chi connectivity index (χ3n) is 7.17. The minimum absolute atomic E-state index is 0.0828. The number of para-hydroxylation sites is 2. The monoisotopic (exact) mass is 487 g/mol. The lowest BCUT2D eigenvalue weighted by Gasteiger charge is -2.28. The van der Waals surface area contributed by atoms with Gasteiger partial charge < -0.3 is 15.5 Å². The van der Waals surface area contributed by atoms with Gasteiger partial charge in [-0.25, -0.2) is 4.98 Å². The molecule has 5 aromatic rings. The Hall–Kier alpha value is -4.83. The molecule has 0 aliphatic carbocycles. The van der Waals surface area contributed by atoms with Crippen LogP contribution in [-0.2, 0) is 6.54 Å². The van der Waals surface area contributed by atoms with E-state index in [9.17, 15) is 10.1 Å². The fraction of sp³-hybridized carbons (Fsp3) is 0.167. The molecule has 1 aliphatic rings. The first kappa shape index (κ1) is 22.6. The van der Waals surface area contributed by atoms with Gasteiger partial charge in [-0.05, 0) is 62.2 Å². The quantitative estimate of drug-likeness (QED) is 0.354. The molecule has 3 N–H and O–H groups in total. The third-order valence-corrected chi connectivity index (χ3v) is 7.17. The van der Waals surface area contributed by atoms with Crippen LogP contribution in [0.4, 0.5) is 0 Å². The number of benzene rings is 3. The van der Waals surface area contributed by atoms with E-state index in [2.05, 4.69) is 11.1 Å². The fourth-order valence-corrected chi connectivity index (χ4v) is 5.52. The molecule has 1 aliphatic heterocycles. The highest BCUT2D eigenvalue weighted by molar-refractivity contribution is 5.87. The molecule has 2 aromatic heterocycles. The summed E-state index contributed by atoms with van der Waals surface area (Å²) in [5.74, 6) is 0.870. The van der Waals surface area contributed by atoms with E-state index in [1.54, 1.807) is 10.6 Å². The minimum Gasteiger partial charge on any atom is -0.440 e. The van der Waals surface area contributed by atoms with E-state index in [0.717, 1.165) is 38.9 Å². The number of aromatic nitrogens is 3. The molecular formula is C30H25N5O2. The van der Waals surface area contributed by atoms with Crippen molar-refractivity contribution in [1.29, 1.82) is 5.26 Å². The van der Waals surface area contributed by atoms with E-state index in [0.29, 0.717) is 34.6 Å². The van der Waals surface area contributed by atoms with Gasteiger partial charge >= 0.3 is 0 Å². The molecule has 7 heteroatoms. The van der Waals surface area contributed by atoms with Gasteiger partial charge in [0.05, 0.1) is 16.8 Å². The summed E-state index contributed by atoms with van der Waals surface area (Å²) in [5, 5.41) is 11.8. The molecule has 0 bridgehead atoms. The Bertz CT molecular complexity index is 1870. The molecule has 3 aromatic carbocycles. The van der Waals surface area contributed by atoms with Crippen molar-refractivity contribution in [2.75, 3.05) is 0 Å². The summed E-state index contributed by atoms with van der Waals surface area (Å²) in [6.45, 7) is 6.36. The van der Waals surface area contributed by atoms with Crippen LogP contribution in [0.3, 0.4) is 0 Å². The maximum atomic E-state index is 13.3. The van der Waals surface area contributed by atoms with Crippen LogP contribution in [0, 0.1) is 25.2 Å². The molecule has 0 fully saturated rings. The molecular weight excluding hydrogens is 462 g/mol. The Balaban J connectivity index is 1.66. The predicted octanol–water partition coefficient (Wildman–Crippen LogP) is 5.40. The van der Waals surface area contributed by atoms with Crippen LogP contribution in [0.15, 0.2) is 76.9 Å². The van der Waals surface area contributed by atoms with Crippen molar-refractivity contribution < 1.29 is 4.74 Å². The highest BCUT2D eigenvalue weighted by atomic mass is 16.5. The van der Waals surface area contributed by atoms with Crippen LogP contribution in [0.1, 0.15) is 35.2 Å². The van der Waals surface area contributed by atoms with Crippen LogP contribution >= 0.6 is 0 Å². The average Bonchev–Trinajstić information content (AvgIpc) is 3.23. The van der Waals surface area contributed by atoms with E-state index in [1.807, 2.05) is 75.4 Å². The van der Waals surface area contributed by atoms with Crippen molar-refractivity contribution >= 4 is 21.8 Å². The Labute approximate surface area is 213 Å². The number of fused-ring (bicyclic) bond motifs is 3. The Morgan fingerprint density at radius 1 is 1.11 bits per heavy atom. The molecule has 0 spiro atoms. The van der Waals surface area contributed by atoms with Crippen molar-refractivity contribution in [1.82, 2.24) is 14.5 Å². The minimum atomic E-state index is -0.439. The van der Waals surface area contributed by atoms with E-state index in [4.69, 9.17) is 15.5 Å². The number of nitrogens with zero attached hydrogens (tertiary/aromatic N) is 3. The average molecular weight is 488 g/mol. The number of allylic oxidation sites excluding steroid dienone is 1. The molecule has 1 atom stereocenters. The number of aromatic amines is 1. The zero-order valence-electron chi connectivity index (χ0n) is 20.8. The number of nitrogens with two attached hydrogens (primary N) is 1. The van der Waals surface area contributed by atoms with Crippen LogP contribution in [0.25, 0.3) is 33.2 Å². The van der Waals surface area contributed by atoms with Crippen LogP contribution in [-0.4, -0.2) is 14.5 Å². The number of hydrogen-bond donors (Lipinski definition) is 2. The number of H-pyrrole nitrogens is 1. The van der Waals surface area contributed by atoms with Gasteiger partial charge in [0, 0.05) is 34.3 Å². The standard InChI is InChI=1S/C30H25N5O2/c1-4-35-29(34-24-12-8-6-10-20(24)30(35)36)18-13-16(2)27-21(14-18)26(22(15-31)28(32)37-27)25-17(3)33-23-11-7-5-9-19(23)25/h5-14,26,33H,4,32H2,1-3H3. The summed E-state index contributed by atoms with van der Waals surface area (Å²) in [6, 6.07) is 21.7. The first-order chi connectivity index (χ1) is 17.9. The topological polar surface area (TPSA) is 110 Å². The molecule has 0 saturated heterocycles. The second-order valence-electron chi connectivity index (χ2n) is 9.35. The van der Waals surface area contributed by atoms with Gasteiger partial charge in [-0.2, -0.15) is 5.26 Å². The van der Waals surface area contributed by atoms with E-state index < -0.39 is 5.92 Å². The molecule has 6 rings (SSSR count). The fourth-order valence-electron chi connectivity index (χ4n) is 5.52. The van der Waals surface area contributed by atoms with Crippen LogP contribution in [0.5, 0.6) is 5.75 Å². The van der Waals surface area contributed by atoms with Gasteiger partial charge in [-0.1, -0.05) is 30.3 Å². The summed E-state index contributed by atoms with van der Waals surface area (Å²) in [4.78, 5) is 21.7. The number of nitrogens with one attached hydrogen (secondary N) is 1. The van der Waals surface area contributed by atoms with E-state index in [-0.39, 0.29) is 11.4 Å². The molecule has 1 unspecified atom stereocenters. The van der Waals surface area contributed by atoms with Gasteiger partial charge in [0.25, 0.3) is 5.56 Å². The SMILES string of the molecule is CCn1c(-c2cc(C)c3c(c2)C(c2c(C)[nH]c4ccccc24)C(C#N)=C(N)O3)nc2ccccc2c1=O. The lowest BCUT2D eigenvalue weighted by molar-refractivity contribution is 0.391. The van der Waals surface area contributed by atoms with Crippen molar-refractivity contribution in [2.45, 2.75) is 33.2 Å². The molecule has 0 saturated carbocycles. The number of hydrogen-bond acceptors (Lipinski definition) is 5. The van der Waals surface area contributed by atoms with Crippen LogP contribution in [0.2, 0.25) is 0 Å². The third kappa shape index (κ3) is 3.34. The lowest BCUT2D eigenvalue weighted by Crippen LogP contribution is -2.24. The Morgan fingerprint density at radius 3 is 2.59 bits per heavy atom. The van der Waals surface area contributed by atoms with Gasteiger partial charge in [0.1, 0.15) is 23.2 Å².